The molecule has 0 unspecified atom stereocenters. The highest BCUT2D eigenvalue weighted by Crippen LogP contribution is 2.18. The van der Waals surface area contributed by atoms with Crippen LogP contribution >= 0.6 is 11.6 Å². The summed E-state index contributed by atoms with van der Waals surface area (Å²) in [6.45, 7) is 3.33. The van der Waals surface area contributed by atoms with Crippen molar-refractivity contribution >= 4 is 11.6 Å². The minimum atomic E-state index is 0.782. The summed E-state index contributed by atoms with van der Waals surface area (Å²) < 4.78 is 1.85. The summed E-state index contributed by atoms with van der Waals surface area (Å²) in [5, 5.41) is 4.87. The lowest BCUT2D eigenvalue weighted by atomic mass is 10.2. The van der Waals surface area contributed by atoms with Crippen LogP contribution in [0.3, 0.4) is 0 Å². The molecule has 1 fully saturated rings. The first-order chi connectivity index (χ1) is 5.77. The van der Waals surface area contributed by atoms with Crippen LogP contribution in [-0.4, -0.2) is 27.8 Å². The number of aryl methyl sites for hydroxylation is 1. The molecule has 66 valence electrons. The van der Waals surface area contributed by atoms with Crippen LogP contribution in [0.25, 0.3) is 0 Å². The predicted molar refractivity (Wildman–Crippen MR) is 48.1 cm³/mol. The number of aromatic nitrogens is 2. The van der Waals surface area contributed by atoms with E-state index in [9.17, 15) is 0 Å². The lowest BCUT2D eigenvalue weighted by Crippen LogP contribution is -2.36. The summed E-state index contributed by atoms with van der Waals surface area (Å²) in [5.74, 6) is 0. The van der Waals surface area contributed by atoms with Crippen molar-refractivity contribution in [3.05, 3.63) is 16.9 Å². The van der Waals surface area contributed by atoms with Gasteiger partial charge in [0.1, 0.15) is 0 Å². The molecule has 0 saturated carbocycles. The van der Waals surface area contributed by atoms with Crippen molar-refractivity contribution in [3.8, 4) is 0 Å². The molecule has 0 spiro atoms. The maximum atomic E-state index is 5.96. The molecule has 1 aliphatic rings. The molecule has 1 saturated heterocycles. The quantitative estimate of drug-likeness (QED) is 0.692. The van der Waals surface area contributed by atoms with Gasteiger partial charge in [0, 0.05) is 13.6 Å². The van der Waals surface area contributed by atoms with Crippen LogP contribution < -0.4 is 0 Å². The van der Waals surface area contributed by atoms with E-state index in [1.54, 1.807) is 6.20 Å². The Morgan fingerprint density at radius 3 is 2.75 bits per heavy atom. The van der Waals surface area contributed by atoms with E-state index in [-0.39, 0.29) is 0 Å². The summed E-state index contributed by atoms with van der Waals surface area (Å²) >= 11 is 5.96. The van der Waals surface area contributed by atoms with Gasteiger partial charge in [0.2, 0.25) is 0 Å². The number of likely N-dealkylation sites (tertiary alicyclic amines) is 1. The smallest absolute Gasteiger partial charge is 0.0831 e. The summed E-state index contributed by atoms with van der Waals surface area (Å²) in [5.41, 5.74) is 1.12. The molecule has 0 bridgehead atoms. The molecular formula is C8H12ClN3. The molecule has 0 radical (unpaired) electrons. The van der Waals surface area contributed by atoms with Gasteiger partial charge in [-0.2, -0.15) is 5.10 Å². The van der Waals surface area contributed by atoms with Crippen molar-refractivity contribution in [2.75, 3.05) is 13.1 Å². The topological polar surface area (TPSA) is 21.1 Å². The first-order valence-corrected chi connectivity index (χ1v) is 4.54. The number of rotatable bonds is 2. The highest BCUT2D eigenvalue weighted by Gasteiger charge is 2.17. The van der Waals surface area contributed by atoms with Gasteiger partial charge in [-0.25, -0.2) is 0 Å². The third-order valence-corrected chi connectivity index (χ3v) is 2.65. The Balaban J connectivity index is 2.10. The van der Waals surface area contributed by atoms with Crippen LogP contribution in [0.15, 0.2) is 6.20 Å². The van der Waals surface area contributed by atoms with Crippen LogP contribution in [-0.2, 0) is 13.6 Å². The third kappa shape index (κ3) is 1.34. The van der Waals surface area contributed by atoms with Gasteiger partial charge in [0.05, 0.1) is 16.9 Å². The highest BCUT2D eigenvalue weighted by atomic mass is 35.5. The molecule has 12 heavy (non-hydrogen) atoms. The second kappa shape index (κ2) is 3.07. The maximum Gasteiger partial charge on any atom is 0.0831 e. The van der Waals surface area contributed by atoms with E-state index < -0.39 is 0 Å². The molecule has 0 amide bonds. The zero-order valence-electron chi connectivity index (χ0n) is 7.13. The van der Waals surface area contributed by atoms with Gasteiger partial charge in [-0.15, -0.1) is 0 Å². The number of nitrogens with zero attached hydrogens (tertiary/aromatic N) is 3. The number of hydrogen-bond acceptors (Lipinski definition) is 2. The van der Waals surface area contributed by atoms with E-state index in [1.165, 1.54) is 19.5 Å². The molecule has 1 aromatic heterocycles. The van der Waals surface area contributed by atoms with Crippen molar-refractivity contribution in [2.24, 2.45) is 7.05 Å². The fraction of sp³-hybridized carbons (Fsp3) is 0.625. The Bertz CT molecular complexity index is 258. The fourth-order valence-corrected chi connectivity index (χ4v) is 1.59. The summed E-state index contributed by atoms with van der Waals surface area (Å²) in [7, 11) is 1.93. The fourth-order valence-electron chi connectivity index (χ4n) is 1.37. The van der Waals surface area contributed by atoms with E-state index in [0.29, 0.717) is 0 Å². The normalized spacial score (nSPS) is 17.8. The van der Waals surface area contributed by atoms with Crippen LogP contribution in [0.4, 0.5) is 0 Å². The first kappa shape index (κ1) is 8.08. The van der Waals surface area contributed by atoms with Crippen LogP contribution in [0.1, 0.15) is 12.1 Å². The average molecular weight is 186 g/mol. The van der Waals surface area contributed by atoms with Crippen molar-refractivity contribution < 1.29 is 0 Å². The van der Waals surface area contributed by atoms with E-state index in [1.807, 2.05) is 11.7 Å². The van der Waals surface area contributed by atoms with Crippen LogP contribution in [0.5, 0.6) is 0 Å². The molecule has 2 rings (SSSR count). The van der Waals surface area contributed by atoms with Gasteiger partial charge < -0.3 is 0 Å². The van der Waals surface area contributed by atoms with Gasteiger partial charge in [0.25, 0.3) is 0 Å². The van der Waals surface area contributed by atoms with Gasteiger partial charge >= 0.3 is 0 Å². The summed E-state index contributed by atoms with van der Waals surface area (Å²) in [6.07, 6.45) is 3.02. The Hall–Kier alpha value is -0.540. The van der Waals surface area contributed by atoms with Gasteiger partial charge in [-0.05, 0) is 19.5 Å². The Morgan fingerprint density at radius 2 is 2.33 bits per heavy atom. The summed E-state index contributed by atoms with van der Waals surface area (Å²) in [6, 6.07) is 0. The zero-order chi connectivity index (χ0) is 8.55. The molecule has 3 nitrogen and oxygen atoms in total. The van der Waals surface area contributed by atoms with Gasteiger partial charge in [-0.1, -0.05) is 11.6 Å². The highest BCUT2D eigenvalue weighted by molar-refractivity contribution is 6.31. The van der Waals surface area contributed by atoms with E-state index in [0.717, 1.165) is 17.3 Å². The second-order valence-electron chi connectivity index (χ2n) is 3.19. The average Bonchev–Trinajstić information content (AvgIpc) is 2.25. The molecule has 0 N–H and O–H groups in total. The van der Waals surface area contributed by atoms with Gasteiger partial charge in [-0.3, -0.25) is 9.58 Å². The summed E-state index contributed by atoms with van der Waals surface area (Å²) in [4.78, 5) is 2.36. The second-order valence-corrected chi connectivity index (χ2v) is 3.60. The van der Waals surface area contributed by atoms with Gasteiger partial charge in [0.15, 0.2) is 0 Å². The molecule has 2 heterocycles. The van der Waals surface area contributed by atoms with E-state index in [2.05, 4.69) is 10.00 Å². The van der Waals surface area contributed by atoms with E-state index >= 15 is 0 Å². The molecule has 4 heteroatoms. The van der Waals surface area contributed by atoms with Crippen molar-refractivity contribution in [2.45, 2.75) is 13.0 Å². The first-order valence-electron chi connectivity index (χ1n) is 4.16. The SMILES string of the molecule is Cn1ncc(Cl)c1CN1CCC1. The van der Waals surface area contributed by atoms with Crippen molar-refractivity contribution in [3.63, 3.8) is 0 Å². The number of hydrogen-bond donors (Lipinski definition) is 0. The minimum Gasteiger partial charge on any atom is -0.297 e. The number of halogens is 1. The molecule has 1 aliphatic heterocycles. The van der Waals surface area contributed by atoms with E-state index in [4.69, 9.17) is 11.6 Å². The third-order valence-electron chi connectivity index (χ3n) is 2.33. The Morgan fingerprint density at radius 1 is 1.58 bits per heavy atom. The Kier molecular flexibility index (Phi) is 2.07. The predicted octanol–water partition coefficient (Wildman–Crippen LogP) is 1.28. The Labute approximate surface area is 76.9 Å². The minimum absolute atomic E-state index is 0.782. The molecule has 0 aliphatic carbocycles. The molecule has 1 aromatic rings. The van der Waals surface area contributed by atoms with Crippen molar-refractivity contribution in [1.82, 2.24) is 14.7 Å². The molecule has 0 aromatic carbocycles. The molecular weight excluding hydrogens is 174 g/mol. The maximum absolute atomic E-state index is 5.96. The van der Waals surface area contributed by atoms with Crippen LogP contribution in [0.2, 0.25) is 5.02 Å². The molecule has 0 atom stereocenters. The van der Waals surface area contributed by atoms with Crippen LogP contribution in [0, 0.1) is 0 Å². The lowest BCUT2D eigenvalue weighted by Gasteiger charge is -2.30. The lowest BCUT2D eigenvalue weighted by molar-refractivity contribution is 0.168. The largest absolute Gasteiger partial charge is 0.297 e. The van der Waals surface area contributed by atoms with Crippen molar-refractivity contribution in [1.29, 1.82) is 0 Å². The monoisotopic (exact) mass is 185 g/mol. The zero-order valence-corrected chi connectivity index (χ0v) is 7.88. The standard InChI is InChI=1S/C8H12ClN3/c1-11-8(7(9)5-10-11)6-12-3-2-4-12/h5H,2-4,6H2,1H3.